The van der Waals surface area contributed by atoms with E-state index in [1.165, 1.54) is 25.3 Å². The fourth-order valence-corrected chi connectivity index (χ4v) is 2.54. The second-order valence-electron chi connectivity index (χ2n) is 5.74. The van der Waals surface area contributed by atoms with Crippen LogP contribution in [0, 0.1) is 11.7 Å². The number of aliphatic hydroxyl groups is 1. The van der Waals surface area contributed by atoms with Crippen LogP contribution in [0.15, 0.2) is 18.2 Å². The Balaban J connectivity index is 2.19. The Morgan fingerprint density at radius 3 is 2.75 bits per heavy atom. The van der Waals surface area contributed by atoms with Crippen molar-refractivity contribution in [2.45, 2.75) is 25.9 Å². The highest BCUT2D eigenvalue weighted by Crippen LogP contribution is 2.29. The lowest BCUT2D eigenvalue weighted by Gasteiger charge is -2.25. The Morgan fingerprint density at radius 2 is 2.20 bits per heavy atom. The van der Waals surface area contributed by atoms with Crippen molar-refractivity contribution in [3.63, 3.8) is 0 Å². The summed E-state index contributed by atoms with van der Waals surface area (Å²) in [4.78, 5) is 14.1. The number of ether oxygens (including phenoxy) is 1. The minimum atomic E-state index is -0.818. The molecule has 1 fully saturated rings. The Kier molecular flexibility index (Phi) is 3.99. The standard InChI is InChI=1S/C15H20FNO3/c1-15(2,19)10-6-7-17(9-10)14(18)12-8-11(16)4-5-13(12)20-3/h4-5,8,10,19H,6-7,9H2,1-3H3/t10-/m0/s1. The molecule has 1 heterocycles. The summed E-state index contributed by atoms with van der Waals surface area (Å²) in [5, 5.41) is 10.0. The van der Waals surface area contributed by atoms with Crippen LogP contribution >= 0.6 is 0 Å². The summed E-state index contributed by atoms with van der Waals surface area (Å²) in [6, 6.07) is 3.91. The van der Waals surface area contributed by atoms with Gasteiger partial charge in [-0.2, -0.15) is 0 Å². The average molecular weight is 281 g/mol. The number of hydrogen-bond acceptors (Lipinski definition) is 3. The Bertz CT molecular complexity index is 510. The quantitative estimate of drug-likeness (QED) is 0.922. The zero-order valence-corrected chi connectivity index (χ0v) is 12.0. The molecule has 1 amide bonds. The van der Waals surface area contributed by atoms with E-state index in [4.69, 9.17) is 4.74 Å². The highest BCUT2D eigenvalue weighted by atomic mass is 19.1. The van der Waals surface area contributed by atoms with E-state index in [0.717, 1.165) is 6.42 Å². The fourth-order valence-electron chi connectivity index (χ4n) is 2.54. The van der Waals surface area contributed by atoms with Crippen molar-refractivity contribution in [1.82, 2.24) is 4.90 Å². The maximum atomic E-state index is 13.3. The molecule has 4 nitrogen and oxygen atoms in total. The molecule has 0 unspecified atom stereocenters. The molecule has 0 radical (unpaired) electrons. The second kappa shape index (κ2) is 5.40. The Morgan fingerprint density at radius 1 is 1.50 bits per heavy atom. The van der Waals surface area contributed by atoms with E-state index in [-0.39, 0.29) is 17.4 Å². The molecule has 0 spiro atoms. The van der Waals surface area contributed by atoms with Gasteiger partial charge in [0.2, 0.25) is 0 Å². The first kappa shape index (κ1) is 14.8. The molecule has 20 heavy (non-hydrogen) atoms. The molecule has 1 N–H and O–H groups in total. The van der Waals surface area contributed by atoms with Crippen LogP contribution in [0.1, 0.15) is 30.6 Å². The molecule has 1 aromatic carbocycles. The molecular formula is C15H20FNO3. The number of halogens is 1. The summed E-state index contributed by atoms with van der Waals surface area (Å²) >= 11 is 0. The van der Waals surface area contributed by atoms with Gasteiger partial charge in [-0.25, -0.2) is 4.39 Å². The van der Waals surface area contributed by atoms with Crippen molar-refractivity contribution in [3.8, 4) is 5.75 Å². The smallest absolute Gasteiger partial charge is 0.257 e. The summed E-state index contributed by atoms with van der Waals surface area (Å²) in [6.07, 6.45) is 0.743. The first-order valence-corrected chi connectivity index (χ1v) is 6.68. The van der Waals surface area contributed by atoms with Crippen LogP contribution in [0.3, 0.4) is 0 Å². The summed E-state index contributed by atoms with van der Waals surface area (Å²) < 4.78 is 18.4. The van der Waals surface area contributed by atoms with Gasteiger partial charge >= 0.3 is 0 Å². The second-order valence-corrected chi connectivity index (χ2v) is 5.74. The predicted molar refractivity (Wildman–Crippen MR) is 73.3 cm³/mol. The molecule has 5 heteroatoms. The molecular weight excluding hydrogens is 261 g/mol. The molecule has 0 saturated carbocycles. The van der Waals surface area contributed by atoms with Gasteiger partial charge in [-0.05, 0) is 38.5 Å². The molecule has 2 rings (SSSR count). The SMILES string of the molecule is COc1ccc(F)cc1C(=O)N1CC[C@H](C(C)(C)O)C1. The number of likely N-dealkylation sites (tertiary alicyclic amines) is 1. The van der Waals surface area contributed by atoms with Gasteiger partial charge in [0.15, 0.2) is 0 Å². The number of amides is 1. The van der Waals surface area contributed by atoms with Gasteiger partial charge in [-0.3, -0.25) is 4.79 Å². The highest BCUT2D eigenvalue weighted by Gasteiger charge is 2.36. The highest BCUT2D eigenvalue weighted by molar-refractivity contribution is 5.97. The largest absolute Gasteiger partial charge is 0.496 e. The first-order valence-electron chi connectivity index (χ1n) is 6.68. The lowest BCUT2D eigenvalue weighted by Crippen LogP contribution is -2.35. The zero-order valence-electron chi connectivity index (χ0n) is 12.0. The van der Waals surface area contributed by atoms with Crippen molar-refractivity contribution in [2.75, 3.05) is 20.2 Å². The van der Waals surface area contributed by atoms with Crippen molar-refractivity contribution in [2.24, 2.45) is 5.92 Å². The van der Waals surface area contributed by atoms with E-state index in [2.05, 4.69) is 0 Å². The van der Waals surface area contributed by atoms with Gasteiger partial charge in [-0.1, -0.05) is 0 Å². The maximum Gasteiger partial charge on any atom is 0.257 e. The summed E-state index contributed by atoms with van der Waals surface area (Å²) in [5.74, 6) is -0.324. The lowest BCUT2D eigenvalue weighted by molar-refractivity contribution is 0.0211. The number of nitrogens with zero attached hydrogens (tertiary/aromatic N) is 1. The van der Waals surface area contributed by atoms with Gasteiger partial charge in [0.05, 0.1) is 18.3 Å². The van der Waals surface area contributed by atoms with Gasteiger partial charge < -0.3 is 14.7 Å². The number of carbonyl (C=O) groups is 1. The maximum absolute atomic E-state index is 13.3. The molecule has 1 aliphatic heterocycles. The molecule has 1 aromatic rings. The summed E-state index contributed by atoms with van der Waals surface area (Å²) in [6.45, 7) is 4.53. The number of benzene rings is 1. The van der Waals surface area contributed by atoms with Crippen molar-refractivity contribution < 1.29 is 19.0 Å². The van der Waals surface area contributed by atoms with Crippen LogP contribution < -0.4 is 4.74 Å². The van der Waals surface area contributed by atoms with Gasteiger partial charge in [-0.15, -0.1) is 0 Å². The van der Waals surface area contributed by atoms with E-state index in [0.29, 0.717) is 18.8 Å². The fraction of sp³-hybridized carbons (Fsp3) is 0.533. The molecule has 110 valence electrons. The average Bonchev–Trinajstić information content (AvgIpc) is 2.87. The van der Waals surface area contributed by atoms with E-state index in [9.17, 15) is 14.3 Å². The molecule has 0 aliphatic carbocycles. The summed E-state index contributed by atoms with van der Waals surface area (Å²) in [7, 11) is 1.45. The van der Waals surface area contributed by atoms with Crippen LogP contribution in [0.5, 0.6) is 5.75 Å². The van der Waals surface area contributed by atoms with Crippen LogP contribution in [0.2, 0.25) is 0 Å². The van der Waals surface area contributed by atoms with Crippen LogP contribution in [0.25, 0.3) is 0 Å². The molecule has 1 atom stereocenters. The number of carbonyl (C=O) groups excluding carboxylic acids is 1. The van der Waals surface area contributed by atoms with Gasteiger partial charge in [0.1, 0.15) is 11.6 Å². The lowest BCUT2D eigenvalue weighted by atomic mass is 9.90. The van der Waals surface area contributed by atoms with Crippen molar-refractivity contribution in [1.29, 1.82) is 0 Å². The van der Waals surface area contributed by atoms with E-state index < -0.39 is 11.4 Å². The van der Waals surface area contributed by atoms with E-state index in [1.54, 1.807) is 18.7 Å². The molecule has 1 saturated heterocycles. The normalized spacial score (nSPS) is 19.2. The Hall–Kier alpha value is -1.62. The monoisotopic (exact) mass is 281 g/mol. The number of hydrogen-bond donors (Lipinski definition) is 1. The van der Waals surface area contributed by atoms with Crippen LogP contribution in [-0.4, -0.2) is 41.7 Å². The van der Waals surface area contributed by atoms with Crippen LogP contribution in [0.4, 0.5) is 4.39 Å². The number of rotatable bonds is 3. The van der Waals surface area contributed by atoms with Crippen molar-refractivity contribution in [3.05, 3.63) is 29.6 Å². The molecule has 0 bridgehead atoms. The van der Waals surface area contributed by atoms with E-state index >= 15 is 0 Å². The number of methoxy groups -OCH3 is 1. The third-order valence-corrected chi connectivity index (χ3v) is 3.87. The minimum absolute atomic E-state index is 0.0333. The zero-order chi connectivity index (χ0) is 14.9. The third-order valence-electron chi connectivity index (χ3n) is 3.87. The first-order chi connectivity index (χ1) is 9.32. The van der Waals surface area contributed by atoms with E-state index in [1.807, 2.05) is 0 Å². The molecule has 0 aromatic heterocycles. The molecule has 1 aliphatic rings. The topological polar surface area (TPSA) is 49.8 Å². The van der Waals surface area contributed by atoms with Gasteiger partial charge in [0.25, 0.3) is 5.91 Å². The minimum Gasteiger partial charge on any atom is -0.496 e. The van der Waals surface area contributed by atoms with Crippen molar-refractivity contribution >= 4 is 5.91 Å². The third kappa shape index (κ3) is 2.93. The summed E-state index contributed by atoms with van der Waals surface area (Å²) in [5.41, 5.74) is -0.593. The predicted octanol–water partition coefficient (Wildman–Crippen LogP) is 2.07. The Labute approximate surface area is 118 Å². The van der Waals surface area contributed by atoms with Gasteiger partial charge in [0, 0.05) is 19.0 Å². The van der Waals surface area contributed by atoms with Crippen LogP contribution in [-0.2, 0) is 0 Å².